The summed E-state index contributed by atoms with van der Waals surface area (Å²) in [5.41, 5.74) is 0. The molecule has 1 aromatic heterocycles. The van der Waals surface area contributed by atoms with Crippen LogP contribution in [0.5, 0.6) is 0 Å². The van der Waals surface area contributed by atoms with Crippen LogP contribution in [0.1, 0.15) is 56.5 Å². The molecule has 0 aliphatic heterocycles. The first kappa shape index (κ1) is 12.0. The highest BCUT2D eigenvalue weighted by Gasteiger charge is 2.15. The van der Waals surface area contributed by atoms with Crippen molar-refractivity contribution < 1.29 is 9.21 Å². The quantitative estimate of drug-likeness (QED) is 0.632. The third-order valence-corrected chi connectivity index (χ3v) is 2.81. The van der Waals surface area contributed by atoms with Gasteiger partial charge in [0, 0.05) is 6.42 Å². The molecule has 1 unspecified atom stereocenters. The lowest BCUT2D eigenvalue weighted by Gasteiger charge is -2.12. The van der Waals surface area contributed by atoms with Gasteiger partial charge in [-0.25, -0.2) is 0 Å². The molecule has 0 aliphatic carbocycles. The summed E-state index contributed by atoms with van der Waals surface area (Å²) < 4.78 is 5.10. The predicted molar refractivity (Wildman–Crippen MR) is 61.0 cm³/mol. The molecule has 2 heteroatoms. The second-order valence-electron chi connectivity index (χ2n) is 4.02. The van der Waals surface area contributed by atoms with Gasteiger partial charge in [0.1, 0.15) is 0 Å². The Labute approximate surface area is 91.7 Å². The average Bonchev–Trinajstić information content (AvgIpc) is 2.77. The third kappa shape index (κ3) is 3.90. The van der Waals surface area contributed by atoms with Gasteiger partial charge in [0.05, 0.1) is 6.26 Å². The number of carbonyl (C=O) groups excluding carboxylic acids is 1. The molecular weight excluding hydrogens is 188 g/mol. The van der Waals surface area contributed by atoms with E-state index in [1.807, 2.05) is 0 Å². The molecule has 0 spiro atoms. The lowest BCUT2D eigenvalue weighted by atomic mass is 9.93. The summed E-state index contributed by atoms with van der Waals surface area (Å²) >= 11 is 0. The van der Waals surface area contributed by atoms with Crippen LogP contribution in [0.25, 0.3) is 0 Å². The van der Waals surface area contributed by atoms with Gasteiger partial charge in [-0.15, -0.1) is 0 Å². The number of rotatable bonds is 7. The Balaban J connectivity index is 2.41. The average molecular weight is 208 g/mol. The van der Waals surface area contributed by atoms with E-state index in [9.17, 15) is 4.79 Å². The van der Waals surface area contributed by atoms with Gasteiger partial charge in [-0.3, -0.25) is 4.79 Å². The maximum atomic E-state index is 11.7. The van der Waals surface area contributed by atoms with Gasteiger partial charge < -0.3 is 4.42 Å². The molecule has 0 saturated carbocycles. The number of carbonyl (C=O) groups is 1. The number of ketones is 1. The fraction of sp³-hybridized carbons (Fsp3) is 0.615. The van der Waals surface area contributed by atoms with Crippen molar-refractivity contribution in [3.63, 3.8) is 0 Å². The molecule has 84 valence electrons. The van der Waals surface area contributed by atoms with E-state index in [4.69, 9.17) is 4.42 Å². The Hall–Kier alpha value is -1.05. The molecule has 1 heterocycles. The van der Waals surface area contributed by atoms with Crippen LogP contribution in [0.4, 0.5) is 0 Å². The number of Topliss-reactive ketones (excluding diaryl/α,β-unsaturated/α-hetero) is 1. The van der Waals surface area contributed by atoms with Gasteiger partial charge in [0.2, 0.25) is 0 Å². The Bertz CT molecular complexity index is 275. The number of unbranched alkanes of at least 4 members (excludes halogenated alkanes) is 1. The first-order valence-corrected chi connectivity index (χ1v) is 5.84. The summed E-state index contributed by atoms with van der Waals surface area (Å²) in [4.78, 5) is 11.7. The summed E-state index contributed by atoms with van der Waals surface area (Å²) in [5, 5.41) is 0. The molecular formula is C13H20O2. The fourth-order valence-corrected chi connectivity index (χ4v) is 1.74. The van der Waals surface area contributed by atoms with E-state index < -0.39 is 0 Å². The highest BCUT2D eigenvalue weighted by molar-refractivity contribution is 5.93. The summed E-state index contributed by atoms with van der Waals surface area (Å²) in [6.07, 6.45) is 6.82. The van der Waals surface area contributed by atoms with Gasteiger partial charge in [0.25, 0.3) is 0 Å². The van der Waals surface area contributed by atoms with E-state index in [2.05, 4.69) is 13.8 Å². The fourth-order valence-electron chi connectivity index (χ4n) is 1.74. The predicted octanol–water partition coefficient (Wildman–Crippen LogP) is 4.07. The molecule has 0 bridgehead atoms. The Kier molecular flexibility index (Phi) is 5.16. The van der Waals surface area contributed by atoms with E-state index in [0.717, 1.165) is 12.8 Å². The van der Waals surface area contributed by atoms with E-state index in [1.165, 1.54) is 12.8 Å². The van der Waals surface area contributed by atoms with Gasteiger partial charge in [-0.05, 0) is 18.1 Å². The molecule has 0 aromatic carbocycles. The first-order chi connectivity index (χ1) is 7.27. The highest BCUT2D eigenvalue weighted by atomic mass is 16.3. The Morgan fingerprint density at radius 1 is 1.47 bits per heavy atom. The first-order valence-electron chi connectivity index (χ1n) is 5.84. The van der Waals surface area contributed by atoms with Crippen molar-refractivity contribution in [1.82, 2.24) is 0 Å². The lowest BCUT2D eigenvalue weighted by Crippen LogP contribution is -2.07. The molecule has 2 nitrogen and oxygen atoms in total. The highest BCUT2D eigenvalue weighted by Crippen LogP contribution is 2.19. The van der Waals surface area contributed by atoms with E-state index in [1.54, 1.807) is 18.4 Å². The summed E-state index contributed by atoms with van der Waals surface area (Å²) in [6.45, 7) is 4.33. The molecule has 1 rings (SSSR count). The third-order valence-electron chi connectivity index (χ3n) is 2.81. The smallest absolute Gasteiger partial charge is 0.198 e. The minimum Gasteiger partial charge on any atom is -0.461 e. The molecule has 0 saturated heterocycles. The Morgan fingerprint density at radius 3 is 2.80 bits per heavy atom. The van der Waals surface area contributed by atoms with Crippen LogP contribution < -0.4 is 0 Å². The second kappa shape index (κ2) is 6.44. The topological polar surface area (TPSA) is 30.2 Å². The maximum Gasteiger partial charge on any atom is 0.198 e. The normalized spacial score (nSPS) is 12.7. The van der Waals surface area contributed by atoms with E-state index >= 15 is 0 Å². The van der Waals surface area contributed by atoms with Crippen molar-refractivity contribution in [3.05, 3.63) is 24.2 Å². The zero-order valence-electron chi connectivity index (χ0n) is 9.66. The van der Waals surface area contributed by atoms with Crippen LogP contribution in [-0.2, 0) is 0 Å². The maximum absolute atomic E-state index is 11.7. The molecule has 1 atom stereocenters. The summed E-state index contributed by atoms with van der Waals surface area (Å²) in [5.74, 6) is 1.16. The largest absolute Gasteiger partial charge is 0.461 e. The molecule has 0 aliphatic rings. The molecule has 15 heavy (non-hydrogen) atoms. The van der Waals surface area contributed by atoms with Crippen LogP contribution >= 0.6 is 0 Å². The van der Waals surface area contributed by atoms with E-state index in [-0.39, 0.29) is 5.78 Å². The van der Waals surface area contributed by atoms with Gasteiger partial charge >= 0.3 is 0 Å². The minimum absolute atomic E-state index is 0.142. The van der Waals surface area contributed by atoms with Gasteiger partial charge in [0.15, 0.2) is 11.5 Å². The van der Waals surface area contributed by atoms with Crippen LogP contribution in [0, 0.1) is 5.92 Å². The minimum atomic E-state index is 0.142. The summed E-state index contributed by atoms with van der Waals surface area (Å²) in [6, 6.07) is 3.51. The van der Waals surface area contributed by atoms with Crippen LogP contribution in [0.15, 0.2) is 22.8 Å². The number of hydrogen-bond acceptors (Lipinski definition) is 2. The lowest BCUT2D eigenvalue weighted by molar-refractivity contribution is 0.0929. The molecule has 0 amide bonds. The number of hydrogen-bond donors (Lipinski definition) is 0. The SMILES string of the molecule is CCCCC(CC)CC(=O)c1ccco1. The zero-order valence-corrected chi connectivity index (χ0v) is 9.66. The van der Waals surface area contributed by atoms with Crippen LogP contribution in [0.3, 0.4) is 0 Å². The van der Waals surface area contributed by atoms with Crippen molar-refractivity contribution in [3.8, 4) is 0 Å². The molecule has 0 fully saturated rings. The van der Waals surface area contributed by atoms with Crippen molar-refractivity contribution in [2.75, 3.05) is 0 Å². The molecule has 0 radical (unpaired) electrons. The number of furan rings is 1. The van der Waals surface area contributed by atoms with Crippen molar-refractivity contribution in [2.45, 2.75) is 46.0 Å². The van der Waals surface area contributed by atoms with Gasteiger partial charge in [-0.2, -0.15) is 0 Å². The zero-order chi connectivity index (χ0) is 11.1. The van der Waals surface area contributed by atoms with E-state index in [0.29, 0.717) is 18.1 Å². The van der Waals surface area contributed by atoms with Gasteiger partial charge in [-0.1, -0.05) is 39.5 Å². The van der Waals surface area contributed by atoms with Crippen LogP contribution in [-0.4, -0.2) is 5.78 Å². The Morgan fingerprint density at radius 2 is 2.27 bits per heavy atom. The second-order valence-corrected chi connectivity index (χ2v) is 4.02. The molecule has 1 aromatic rings. The standard InChI is InChI=1S/C13H20O2/c1-3-5-7-11(4-2)10-12(14)13-8-6-9-15-13/h6,8-9,11H,3-5,7,10H2,1-2H3. The summed E-state index contributed by atoms with van der Waals surface area (Å²) in [7, 11) is 0. The van der Waals surface area contributed by atoms with Crippen molar-refractivity contribution in [2.24, 2.45) is 5.92 Å². The van der Waals surface area contributed by atoms with Crippen molar-refractivity contribution >= 4 is 5.78 Å². The van der Waals surface area contributed by atoms with Crippen LogP contribution in [0.2, 0.25) is 0 Å². The molecule has 0 N–H and O–H groups in total. The van der Waals surface area contributed by atoms with Crippen molar-refractivity contribution in [1.29, 1.82) is 0 Å². The monoisotopic (exact) mass is 208 g/mol.